The van der Waals surface area contributed by atoms with E-state index in [2.05, 4.69) is 16.7 Å². The van der Waals surface area contributed by atoms with Crippen molar-refractivity contribution in [1.29, 1.82) is 0 Å². The van der Waals surface area contributed by atoms with Crippen LogP contribution in [-0.4, -0.2) is 33.9 Å². The molecular formula is C5H7ClN2O3. The van der Waals surface area contributed by atoms with Crippen LogP contribution in [0.25, 0.3) is 0 Å². The normalized spacial score (nSPS) is 14.2. The molecule has 6 heteroatoms. The minimum atomic E-state index is -0.773. The van der Waals surface area contributed by atoms with E-state index in [-0.39, 0.29) is 5.29 Å². The van der Waals surface area contributed by atoms with E-state index in [4.69, 9.17) is 26.9 Å². The van der Waals surface area contributed by atoms with Crippen LogP contribution in [0.1, 0.15) is 0 Å². The zero-order valence-electron chi connectivity index (χ0n) is 5.53. The molecule has 62 valence electrons. The predicted octanol–water partition coefficient (Wildman–Crippen LogP) is 0.559. The number of halogens is 1. The van der Waals surface area contributed by atoms with Gasteiger partial charge in [-0.25, -0.2) is 4.99 Å². The minimum Gasteiger partial charge on any atom is -0.505 e. The fourth-order valence-corrected chi connectivity index (χ4v) is 0.338. The molecule has 0 unspecified atom stereocenters. The molecule has 0 heterocycles. The molecule has 0 aromatic carbocycles. The van der Waals surface area contributed by atoms with Gasteiger partial charge in [0, 0.05) is 0 Å². The molecule has 0 saturated carbocycles. The molecule has 0 spiro atoms. The van der Waals surface area contributed by atoms with Crippen molar-refractivity contribution in [2.75, 3.05) is 6.61 Å². The zero-order valence-corrected chi connectivity index (χ0v) is 6.28. The molecule has 0 radical (unpaired) electrons. The quantitative estimate of drug-likeness (QED) is 0.250. The molecule has 0 aliphatic rings. The Morgan fingerprint density at radius 3 is 2.36 bits per heavy atom. The van der Waals surface area contributed by atoms with Gasteiger partial charge in [0.2, 0.25) is 5.29 Å². The first-order chi connectivity index (χ1) is 5.11. The molecule has 0 aromatic heterocycles. The molecule has 0 saturated heterocycles. The molecule has 5 nitrogen and oxygen atoms in total. The highest BCUT2D eigenvalue weighted by molar-refractivity contribution is 6.65. The average Bonchev–Trinajstić information content (AvgIpc) is 2.02. The second-order valence-corrected chi connectivity index (χ2v) is 1.81. The van der Waals surface area contributed by atoms with Gasteiger partial charge in [-0.3, -0.25) is 0 Å². The fraction of sp³-hybridized carbons (Fsp3) is 0.200. The third kappa shape index (κ3) is 3.59. The Bertz CT molecular complexity index is 212. The molecule has 11 heavy (non-hydrogen) atoms. The summed E-state index contributed by atoms with van der Waals surface area (Å²) in [6.45, 7) is 2.30. The number of amidine groups is 1. The molecule has 0 bridgehead atoms. The van der Waals surface area contributed by atoms with Crippen molar-refractivity contribution in [2.45, 2.75) is 0 Å². The summed E-state index contributed by atoms with van der Waals surface area (Å²) in [5.41, 5.74) is 0. The molecular weight excluding hydrogens is 172 g/mol. The summed E-state index contributed by atoms with van der Waals surface area (Å²) in [7, 11) is 0. The third-order valence-electron chi connectivity index (χ3n) is 0.737. The van der Waals surface area contributed by atoms with E-state index in [0.717, 1.165) is 0 Å². The van der Waals surface area contributed by atoms with Crippen molar-refractivity contribution in [3.05, 3.63) is 11.6 Å². The van der Waals surface area contributed by atoms with Gasteiger partial charge in [-0.2, -0.15) is 4.99 Å². The van der Waals surface area contributed by atoms with Crippen molar-refractivity contribution >= 4 is 23.6 Å². The zero-order chi connectivity index (χ0) is 8.85. The Morgan fingerprint density at radius 1 is 1.45 bits per heavy atom. The second kappa shape index (κ2) is 4.70. The first kappa shape index (κ1) is 9.93. The van der Waals surface area contributed by atoms with E-state index in [1.807, 2.05) is 0 Å². The minimum absolute atomic E-state index is 0.317. The van der Waals surface area contributed by atoms with E-state index in [1.165, 1.54) is 0 Å². The first-order valence-corrected chi connectivity index (χ1v) is 2.92. The lowest BCUT2D eigenvalue weighted by Gasteiger charge is -1.94. The number of hydrogen-bond acceptors (Lipinski definition) is 4. The second-order valence-electron chi connectivity index (χ2n) is 1.47. The SMILES string of the molecule is C=NC(Cl)=N/C(O)=C(/O)CO. The highest BCUT2D eigenvalue weighted by Gasteiger charge is 2.00. The monoisotopic (exact) mass is 178 g/mol. The van der Waals surface area contributed by atoms with Gasteiger partial charge < -0.3 is 15.3 Å². The lowest BCUT2D eigenvalue weighted by molar-refractivity contribution is 0.227. The molecule has 0 atom stereocenters. The van der Waals surface area contributed by atoms with Crippen molar-refractivity contribution < 1.29 is 15.3 Å². The lowest BCUT2D eigenvalue weighted by atomic mass is 10.5. The Kier molecular flexibility index (Phi) is 4.24. The summed E-state index contributed by atoms with van der Waals surface area (Å²) in [5, 5.41) is 25.3. The molecule has 0 aliphatic carbocycles. The number of rotatable bonds is 2. The Labute approximate surface area is 68.0 Å². The van der Waals surface area contributed by atoms with Crippen LogP contribution in [0.15, 0.2) is 21.6 Å². The van der Waals surface area contributed by atoms with Crippen LogP contribution >= 0.6 is 11.6 Å². The van der Waals surface area contributed by atoms with Crippen molar-refractivity contribution in [3.8, 4) is 0 Å². The molecule has 0 aromatic rings. The number of aliphatic imine (C=N–C) groups is 2. The topological polar surface area (TPSA) is 85.4 Å². The number of aliphatic hydroxyl groups is 3. The Balaban J connectivity index is 4.49. The van der Waals surface area contributed by atoms with Crippen LogP contribution in [0.4, 0.5) is 0 Å². The van der Waals surface area contributed by atoms with Gasteiger partial charge >= 0.3 is 0 Å². The maximum absolute atomic E-state index is 8.73. The maximum Gasteiger partial charge on any atom is 0.255 e. The highest BCUT2D eigenvalue weighted by atomic mass is 35.5. The lowest BCUT2D eigenvalue weighted by Crippen LogP contribution is -1.94. The van der Waals surface area contributed by atoms with E-state index in [1.54, 1.807) is 0 Å². The van der Waals surface area contributed by atoms with E-state index < -0.39 is 18.2 Å². The van der Waals surface area contributed by atoms with Crippen molar-refractivity contribution in [3.63, 3.8) is 0 Å². The van der Waals surface area contributed by atoms with E-state index >= 15 is 0 Å². The van der Waals surface area contributed by atoms with Crippen LogP contribution in [0.2, 0.25) is 0 Å². The van der Waals surface area contributed by atoms with Crippen LogP contribution < -0.4 is 0 Å². The van der Waals surface area contributed by atoms with Crippen molar-refractivity contribution in [2.24, 2.45) is 9.98 Å². The standard InChI is InChI=1S/C5H7ClN2O3/c1-7-5(6)8-4(11)3(10)2-9/h9-11H,1-2H2/b4-3-,8-5?. The number of nitrogens with zero attached hydrogens (tertiary/aromatic N) is 2. The number of aliphatic hydroxyl groups excluding tert-OH is 3. The summed E-state index contributed by atoms with van der Waals surface area (Å²) < 4.78 is 0. The molecule has 0 amide bonds. The van der Waals surface area contributed by atoms with Crippen LogP contribution in [-0.2, 0) is 0 Å². The van der Waals surface area contributed by atoms with E-state index in [0.29, 0.717) is 0 Å². The Morgan fingerprint density at radius 2 is 2.00 bits per heavy atom. The van der Waals surface area contributed by atoms with Crippen molar-refractivity contribution in [1.82, 2.24) is 0 Å². The smallest absolute Gasteiger partial charge is 0.255 e. The largest absolute Gasteiger partial charge is 0.505 e. The van der Waals surface area contributed by atoms with Crippen LogP contribution in [0, 0.1) is 0 Å². The number of hydrogen-bond donors (Lipinski definition) is 3. The van der Waals surface area contributed by atoms with Gasteiger partial charge in [-0.1, -0.05) is 0 Å². The van der Waals surface area contributed by atoms with Gasteiger partial charge in [0.05, 0.1) is 0 Å². The summed E-state index contributed by atoms with van der Waals surface area (Å²) >= 11 is 5.20. The van der Waals surface area contributed by atoms with E-state index in [9.17, 15) is 0 Å². The average molecular weight is 179 g/mol. The van der Waals surface area contributed by atoms with Gasteiger partial charge in [0.1, 0.15) is 6.61 Å². The van der Waals surface area contributed by atoms with Gasteiger partial charge in [-0.15, -0.1) is 0 Å². The highest BCUT2D eigenvalue weighted by Crippen LogP contribution is 2.00. The molecule has 3 N–H and O–H groups in total. The molecule has 0 rings (SSSR count). The summed E-state index contributed by atoms with van der Waals surface area (Å²) in [5.74, 6) is -1.45. The van der Waals surface area contributed by atoms with Crippen LogP contribution in [0.5, 0.6) is 0 Å². The third-order valence-corrected chi connectivity index (χ3v) is 0.941. The maximum atomic E-state index is 8.73. The Hall–Kier alpha value is -1.07. The molecule has 0 fully saturated rings. The summed E-state index contributed by atoms with van der Waals surface area (Å²) in [4.78, 5) is 6.27. The van der Waals surface area contributed by atoms with Gasteiger partial charge in [0.15, 0.2) is 5.76 Å². The summed E-state index contributed by atoms with van der Waals surface area (Å²) in [6, 6.07) is 0. The molecule has 0 aliphatic heterocycles. The van der Waals surface area contributed by atoms with Gasteiger partial charge in [0.25, 0.3) is 5.88 Å². The van der Waals surface area contributed by atoms with Gasteiger partial charge in [-0.05, 0) is 18.3 Å². The predicted molar refractivity (Wildman–Crippen MR) is 42.2 cm³/mol. The van der Waals surface area contributed by atoms with Crippen LogP contribution in [0.3, 0.4) is 0 Å². The first-order valence-electron chi connectivity index (χ1n) is 2.54. The summed E-state index contributed by atoms with van der Waals surface area (Å²) in [6.07, 6.45) is 0. The fourth-order valence-electron chi connectivity index (χ4n) is 0.258.